The fraction of sp³-hybridized carbons (Fsp3) is 1.00. The van der Waals surface area contributed by atoms with Gasteiger partial charge in [-0.15, -0.1) is 0 Å². The van der Waals surface area contributed by atoms with Gasteiger partial charge >= 0.3 is 0 Å². The van der Waals surface area contributed by atoms with Crippen LogP contribution in [0.25, 0.3) is 0 Å². The molecule has 0 unspecified atom stereocenters. The van der Waals surface area contributed by atoms with Gasteiger partial charge in [0.1, 0.15) is 0 Å². The number of rotatable bonds is 3. The smallest absolute Gasteiger partial charge is 0.257 e. The summed E-state index contributed by atoms with van der Waals surface area (Å²) in [6.07, 6.45) is 0. The topological polar surface area (TPSA) is 9.72 Å². The third kappa shape index (κ3) is 2.13. The highest BCUT2D eigenvalue weighted by Crippen LogP contribution is 2.06. The third-order valence-electron chi connectivity index (χ3n) is 2.54. The molecule has 68 valence electrons. The minimum atomic E-state index is -1.34. The molecule has 0 radical (unpaired) electrons. The van der Waals surface area contributed by atoms with E-state index in [1.165, 1.54) is 9.76 Å². The van der Waals surface area contributed by atoms with Gasteiger partial charge in [-0.05, 0) is 42.3 Å². The van der Waals surface area contributed by atoms with Crippen LogP contribution < -0.4 is 0 Å². The summed E-state index contributed by atoms with van der Waals surface area (Å²) in [5, 5.41) is 0. The van der Waals surface area contributed by atoms with E-state index in [9.17, 15) is 0 Å². The van der Waals surface area contributed by atoms with Crippen molar-refractivity contribution >= 4 is 17.8 Å². The molecule has 0 heterocycles. The van der Waals surface area contributed by atoms with E-state index in [1.54, 1.807) is 0 Å². The van der Waals surface area contributed by atoms with Gasteiger partial charge in [0.05, 0.1) is 9.76 Å². The Morgan fingerprint density at radius 2 is 0.909 bits per heavy atom. The minimum Gasteiger partial charge on any atom is -0.308 e. The number of nitrogens with zero attached hydrogens (tertiary/aromatic N) is 3. The van der Waals surface area contributed by atoms with Crippen LogP contribution in [0.15, 0.2) is 0 Å². The largest absolute Gasteiger partial charge is 0.308 e. The van der Waals surface area contributed by atoms with E-state index in [-0.39, 0.29) is 0 Å². The molecule has 0 aliphatic heterocycles. The van der Waals surface area contributed by atoms with Crippen molar-refractivity contribution < 1.29 is 0 Å². The van der Waals surface area contributed by atoms with E-state index in [2.05, 4.69) is 56.0 Å². The molecule has 0 N–H and O–H groups in total. The highest BCUT2D eigenvalue weighted by Gasteiger charge is 2.35. The molecule has 11 heavy (non-hydrogen) atoms. The first-order chi connectivity index (χ1) is 4.83. The lowest BCUT2D eigenvalue weighted by molar-refractivity contribution is 0.407. The van der Waals surface area contributed by atoms with Crippen molar-refractivity contribution in [3.63, 3.8) is 0 Å². The maximum atomic E-state index is 2.39. The fourth-order valence-electron chi connectivity index (χ4n) is 1.20. The van der Waals surface area contributed by atoms with Crippen molar-refractivity contribution in [2.24, 2.45) is 0 Å². The molecule has 0 saturated heterocycles. The van der Waals surface area contributed by atoms with Gasteiger partial charge in [0.2, 0.25) is 0 Å². The van der Waals surface area contributed by atoms with Gasteiger partial charge in [0.25, 0.3) is 8.08 Å². The predicted molar refractivity (Wildman–Crippen MR) is 56.8 cm³/mol. The van der Waals surface area contributed by atoms with Crippen LogP contribution in [-0.2, 0) is 0 Å². The third-order valence-corrected chi connectivity index (χ3v) is 15.7. The second-order valence-electron chi connectivity index (χ2n) is 3.65. The van der Waals surface area contributed by atoms with Crippen LogP contribution in [0.4, 0.5) is 0 Å². The molecule has 0 amide bonds. The molecular weight excluding hydrogens is 170 g/mol. The van der Waals surface area contributed by atoms with Crippen molar-refractivity contribution in [3.8, 4) is 0 Å². The molecule has 0 atom stereocenters. The van der Waals surface area contributed by atoms with E-state index >= 15 is 0 Å². The Balaban J connectivity index is 4.53. The summed E-state index contributed by atoms with van der Waals surface area (Å²) in [7, 11) is 13.0. The van der Waals surface area contributed by atoms with E-state index in [0.29, 0.717) is 0 Å². The average Bonchev–Trinajstić information content (AvgIpc) is 1.84. The fourth-order valence-corrected chi connectivity index (χ4v) is 3.60. The van der Waals surface area contributed by atoms with Crippen molar-refractivity contribution in [1.82, 2.24) is 13.7 Å². The Morgan fingerprint density at radius 3 is 0.909 bits per heavy atom. The first-order valence-electron chi connectivity index (χ1n) is 3.85. The minimum absolute atomic E-state index is 1.24. The molecule has 0 aromatic heterocycles. The Bertz CT molecular complexity index is 103. The molecule has 3 nitrogen and oxygen atoms in total. The molecular formula is C6H21N3Si2. The Morgan fingerprint density at radius 1 is 0.727 bits per heavy atom. The molecule has 0 rings (SSSR count). The zero-order valence-electron chi connectivity index (χ0n) is 8.84. The summed E-state index contributed by atoms with van der Waals surface area (Å²) in [6.45, 7) is 0. The highest BCUT2D eigenvalue weighted by molar-refractivity contribution is 7.11. The molecule has 0 saturated carbocycles. The van der Waals surface area contributed by atoms with E-state index in [4.69, 9.17) is 0 Å². The summed E-state index contributed by atoms with van der Waals surface area (Å²) >= 11 is 0. The van der Waals surface area contributed by atoms with E-state index < -0.39 is 8.08 Å². The molecule has 0 aromatic rings. The van der Waals surface area contributed by atoms with Gasteiger partial charge in [-0.2, -0.15) is 0 Å². The van der Waals surface area contributed by atoms with Crippen molar-refractivity contribution in [2.75, 3.05) is 42.3 Å². The lowest BCUT2D eigenvalue weighted by atomic mass is 11.2. The summed E-state index contributed by atoms with van der Waals surface area (Å²) in [4.78, 5) is 0. The predicted octanol–water partition coefficient (Wildman–Crippen LogP) is -1.53. The van der Waals surface area contributed by atoms with Gasteiger partial charge in [-0.25, -0.2) is 0 Å². The average molecular weight is 191 g/mol. The van der Waals surface area contributed by atoms with Crippen LogP contribution in [0, 0.1) is 0 Å². The molecule has 0 aliphatic rings. The maximum Gasteiger partial charge on any atom is 0.257 e. The Hall–Kier alpha value is 0.314. The maximum absolute atomic E-state index is 2.39. The van der Waals surface area contributed by atoms with Crippen LogP contribution >= 0.6 is 0 Å². The van der Waals surface area contributed by atoms with Crippen molar-refractivity contribution in [2.45, 2.75) is 0 Å². The first kappa shape index (κ1) is 11.3. The van der Waals surface area contributed by atoms with Crippen LogP contribution in [0.3, 0.4) is 0 Å². The van der Waals surface area contributed by atoms with Crippen molar-refractivity contribution in [1.29, 1.82) is 0 Å². The van der Waals surface area contributed by atoms with Crippen LogP contribution in [-0.4, -0.2) is 73.8 Å². The molecule has 0 aliphatic carbocycles. The molecule has 0 aromatic carbocycles. The zero-order valence-corrected chi connectivity index (χ0v) is 11.8. The lowest BCUT2D eigenvalue weighted by Crippen LogP contribution is -2.70. The van der Waals surface area contributed by atoms with Crippen LogP contribution in [0.5, 0.6) is 0 Å². The van der Waals surface area contributed by atoms with Gasteiger partial charge in [0.15, 0.2) is 0 Å². The first-order valence-corrected chi connectivity index (χ1v) is 9.20. The molecule has 0 spiro atoms. The second-order valence-corrected chi connectivity index (χ2v) is 12.3. The van der Waals surface area contributed by atoms with E-state index in [0.717, 1.165) is 0 Å². The lowest BCUT2D eigenvalue weighted by Gasteiger charge is -2.44. The van der Waals surface area contributed by atoms with Crippen LogP contribution in [0.1, 0.15) is 0 Å². The molecule has 0 bridgehead atoms. The highest BCUT2D eigenvalue weighted by atomic mass is 29.2. The van der Waals surface area contributed by atoms with Gasteiger partial charge in [-0.3, -0.25) is 0 Å². The monoisotopic (exact) mass is 191 g/mol. The van der Waals surface area contributed by atoms with Crippen LogP contribution in [0.2, 0.25) is 0 Å². The quantitative estimate of drug-likeness (QED) is 0.501. The SMILES string of the molecule is CN(C)[Si]([SiH3])(N(C)C)N(C)C. The Kier molecular flexibility index (Phi) is 3.92. The summed E-state index contributed by atoms with van der Waals surface area (Å²) in [6, 6.07) is 0. The number of hydrogen-bond donors (Lipinski definition) is 0. The normalized spacial score (nSPS) is 13.9. The summed E-state index contributed by atoms with van der Waals surface area (Å²) in [5.74, 6) is 0. The molecule has 5 heteroatoms. The number of hydrogen-bond acceptors (Lipinski definition) is 3. The standard InChI is InChI=1S/C6H21N3Si2/c1-7(2)11(10,8(3)4)9(5)6/h1-6,10H3. The molecule has 0 fully saturated rings. The Labute approximate surface area is 74.4 Å². The zero-order chi connectivity index (χ0) is 9.23. The van der Waals surface area contributed by atoms with Gasteiger partial charge < -0.3 is 13.7 Å². The van der Waals surface area contributed by atoms with Crippen molar-refractivity contribution in [3.05, 3.63) is 0 Å². The second kappa shape index (κ2) is 3.82. The van der Waals surface area contributed by atoms with Gasteiger partial charge in [-0.1, -0.05) is 0 Å². The van der Waals surface area contributed by atoms with Gasteiger partial charge in [0, 0.05) is 0 Å². The van der Waals surface area contributed by atoms with E-state index in [1.807, 2.05) is 0 Å². The summed E-state index contributed by atoms with van der Waals surface area (Å²) < 4.78 is 7.16. The summed E-state index contributed by atoms with van der Waals surface area (Å²) in [5.41, 5.74) is 0.